The van der Waals surface area contributed by atoms with Gasteiger partial charge in [0.1, 0.15) is 10.7 Å². The maximum atomic E-state index is 12.6. The smallest absolute Gasteiger partial charge is 0.261 e. The van der Waals surface area contributed by atoms with Crippen LogP contribution in [0.3, 0.4) is 0 Å². The van der Waals surface area contributed by atoms with Crippen LogP contribution < -0.4 is 5.32 Å². The Hall–Kier alpha value is -1.53. The number of hydrogen-bond acceptors (Lipinski definition) is 5. The SMILES string of the molecule is CCc1nc(C)c2c(C)c(C(=O)NC3CCOCC3)sc2n1. The molecule has 1 aliphatic heterocycles. The number of aryl methyl sites for hydroxylation is 3. The lowest BCUT2D eigenvalue weighted by molar-refractivity contribution is 0.0698. The van der Waals surface area contributed by atoms with Crippen molar-refractivity contribution >= 4 is 27.5 Å². The van der Waals surface area contributed by atoms with E-state index in [1.54, 1.807) is 0 Å². The molecule has 5 nitrogen and oxygen atoms in total. The molecule has 1 saturated heterocycles. The number of thiophene rings is 1. The van der Waals surface area contributed by atoms with Crippen molar-refractivity contribution in [2.45, 2.75) is 46.1 Å². The van der Waals surface area contributed by atoms with Gasteiger partial charge in [-0.25, -0.2) is 9.97 Å². The number of carbonyl (C=O) groups is 1. The first kappa shape index (κ1) is 15.4. The van der Waals surface area contributed by atoms with Crippen LogP contribution in [0.1, 0.15) is 46.5 Å². The van der Waals surface area contributed by atoms with E-state index in [2.05, 4.69) is 15.3 Å². The number of rotatable bonds is 3. The van der Waals surface area contributed by atoms with Gasteiger partial charge in [0, 0.05) is 36.8 Å². The highest BCUT2D eigenvalue weighted by Crippen LogP contribution is 2.31. The highest BCUT2D eigenvalue weighted by atomic mass is 32.1. The lowest BCUT2D eigenvalue weighted by Gasteiger charge is -2.22. The monoisotopic (exact) mass is 319 g/mol. The van der Waals surface area contributed by atoms with Gasteiger partial charge < -0.3 is 10.1 Å². The van der Waals surface area contributed by atoms with Gasteiger partial charge in [0.05, 0.1) is 4.88 Å². The van der Waals surface area contributed by atoms with Gasteiger partial charge in [-0.15, -0.1) is 11.3 Å². The maximum absolute atomic E-state index is 12.6. The molecular formula is C16H21N3O2S. The summed E-state index contributed by atoms with van der Waals surface area (Å²) in [7, 11) is 0. The minimum absolute atomic E-state index is 0.00449. The molecule has 22 heavy (non-hydrogen) atoms. The molecule has 1 fully saturated rings. The highest BCUT2D eigenvalue weighted by molar-refractivity contribution is 7.20. The Morgan fingerprint density at radius 1 is 1.32 bits per heavy atom. The minimum atomic E-state index is 0.00449. The zero-order valence-corrected chi connectivity index (χ0v) is 14.0. The van der Waals surface area contributed by atoms with Crippen LogP contribution in [0.25, 0.3) is 10.2 Å². The minimum Gasteiger partial charge on any atom is -0.381 e. The van der Waals surface area contributed by atoms with Crippen molar-refractivity contribution in [1.29, 1.82) is 0 Å². The summed E-state index contributed by atoms with van der Waals surface area (Å²) in [6, 6.07) is 0.212. The van der Waals surface area contributed by atoms with E-state index in [-0.39, 0.29) is 11.9 Å². The molecule has 0 aliphatic carbocycles. The summed E-state index contributed by atoms with van der Waals surface area (Å²) >= 11 is 1.47. The van der Waals surface area contributed by atoms with E-state index in [1.165, 1.54) is 11.3 Å². The fraction of sp³-hybridized carbons (Fsp3) is 0.562. The van der Waals surface area contributed by atoms with Crippen LogP contribution in [-0.2, 0) is 11.2 Å². The van der Waals surface area contributed by atoms with Crippen molar-refractivity contribution < 1.29 is 9.53 Å². The van der Waals surface area contributed by atoms with Crippen molar-refractivity contribution in [3.8, 4) is 0 Å². The molecule has 0 spiro atoms. The molecule has 0 saturated carbocycles. The third-order valence-electron chi connectivity index (χ3n) is 4.10. The molecule has 118 valence electrons. The maximum Gasteiger partial charge on any atom is 0.261 e. The van der Waals surface area contributed by atoms with Crippen LogP contribution in [-0.4, -0.2) is 35.1 Å². The predicted octanol–water partition coefficient (Wildman–Crippen LogP) is 2.78. The number of carbonyl (C=O) groups excluding carboxylic acids is 1. The van der Waals surface area contributed by atoms with E-state index in [1.807, 2.05) is 20.8 Å². The molecule has 0 bridgehead atoms. The van der Waals surface area contributed by atoms with Crippen LogP contribution in [0, 0.1) is 13.8 Å². The molecule has 2 aromatic heterocycles. The first-order chi connectivity index (χ1) is 10.6. The fourth-order valence-corrected chi connectivity index (χ4v) is 4.02. The normalized spacial score (nSPS) is 16.1. The molecule has 0 atom stereocenters. The van der Waals surface area contributed by atoms with Gasteiger partial charge in [-0.1, -0.05) is 6.92 Å². The summed E-state index contributed by atoms with van der Waals surface area (Å²) in [5.41, 5.74) is 1.95. The number of ether oxygens (including phenoxy) is 1. The van der Waals surface area contributed by atoms with Gasteiger partial charge in [0.15, 0.2) is 0 Å². The molecule has 1 aliphatic rings. The van der Waals surface area contributed by atoms with Crippen LogP contribution in [0.2, 0.25) is 0 Å². The summed E-state index contributed by atoms with van der Waals surface area (Å²) in [4.78, 5) is 23.3. The van der Waals surface area contributed by atoms with Crippen molar-refractivity contribution in [1.82, 2.24) is 15.3 Å². The second-order valence-corrected chi connectivity index (χ2v) is 6.67. The lowest BCUT2D eigenvalue weighted by atomic mass is 10.1. The van der Waals surface area contributed by atoms with Crippen molar-refractivity contribution in [3.05, 3.63) is 22.0 Å². The molecule has 1 N–H and O–H groups in total. The van der Waals surface area contributed by atoms with Gasteiger partial charge >= 0.3 is 0 Å². The first-order valence-electron chi connectivity index (χ1n) is 7.75. The van der Waals surface area contributed by atoms with E-state index in [4.69, 9.17) is 4.74 Å². The summed E-state index contributed by atoms with van der Waals surface area (Å²) < 4.78 is 5.33. The second kappa shape index (κ2) is 6.30. The van der Waals surface area contributed by atoms with E-state index >= 15 is 0 Å². The lowest BCUT2D eigenvalue weighted by Crippen LogP contribution is -2.38. The Morgan fingerprint density at radius 3 is 2.73 bits per heavy atom. The van der Waals surface area contributed by atoms with E-state index in [0.29, 0.717) is 0 Å². The number of hydrogen-bond donors (Lipinski definition) is 1. The van der Waals surface area contributed by atoms with Gasteiger partial charge in [-0.2, -0.15) is 0 Å². The van der Waals surface area contributed by atoms with Crippen LogP contribution in [0.15, 0.2) is 0 Å². The summed E-state index contributed by atoms with van der Waals surface area (Å²) in [5.74, 6) is 0.840. The first-order valence-corrected chi connectivity index (χ1v) is 8.57. The van der Waals surface area contributed by atoms with E-state index in [0.717, 1.165) is 64.7 Å². The molecule has 3 heterocycles. The second-order valence-electron chi connectivity index (χ2n) is 5.68. The quantitative estimate of drug-likeness (QED) is 0.945. The third kappa shape index (κ3) is 2.85. The van der Waals surface area contributed by atoms with Crippen molar-refractivity contribution in [2.24, 2.45) is 0 Å². The Labute approximate surface area is 134 Å². The molecular weight excluding hydrogens is 298 g/mol. The zero-order chi connectivity index (χ0) is 15.7. The van der Waals surface area contributed by atoms with Crippen LogP contribution in [0.4, 0.5) is 0 Å². The Balaban J connectivity index is 1.91. The summed E-state index contributed by atoms with van der Waals surface area (Å²) in [5, 5.41) is 4.16. The Morgan fingerprint density at radius 2 is 2.05 bits per heavy atom. The molecule has 0 radical (unpaired) electrons. The van der Waals surface area contributed by atoms with Crippen molar-refractivity contribution in [2.75, 3.05) is 13.2 Å². The van der Waals surface area contributed by atoms with Gasteiger partial charge in [0.2, 0.25) is 0 Å². The summed E-state index contributed by atoms with van der Waals surface area (Å²) in [6.45, 7) is 7.46. The van der Waals surface area contributed by atoms with Gasteiger partial charge in [-0.3, -0.25) is 4.79 Å². The molecule has 1 amide bonds. The number of amides is 1. The molecule has 2 aromatic rings. The van der Waals surface area contributed by atoms with Crippen LogP contribution in [0.5, 0.6) is 0 Å². The topological polar surface area (TPSA) is 64.1 Å². The van der Waals surface area contributed by atoms with E-state index < -0.39 is 0 Å². The summed E-state index contributed by atoms with van der Waals surface area (Å²) in [6.07, 6.45) is 2.57. The predicted molar refractivity (Wildman–Crippen MR) is 87.6 cm³/mol. The third-order valence-corrected chi connectivity index (χ3v) is 5.28. The van der Waals surface area contributed by atoms with Crippen molar-refractivity contribution in [3.63, 3.8) is 0 Å². The number of nitrogens with one attached hydrogen (secondary N) is 1. The molecule has 0 unspecified atom stereocenters. The van der Waals surface area contributed by atoms with Gasteiger partial charge in [0.25, 0.3) is 5.91 Å². The van der Waals surface area contributed by atoms with E-state index in [9.17, 15) is 4.79 Å². The molecule has 0 aromatic carbocycles. The van der Waals surface area contributed by atoms with Crippen LogP contribution >= 0.6 is 11.3 Å². The number of nitrogens with zero attached hydrogens (tertiary/aromatic N) is 2. The fourth-order valence-electron chi connectivity index (χ4n) is 2.86. The van der Waals surface area contributed by atoms with Gasteiger partial charge in [-0.05, 0) is 32.3 Å². The standard InChI is InChI=1S/C16H21N3O2S/c1-4-12-17-10(3)13-9(2)14(22-16(13)19-12)15(20)18-11-5-7-21-8-6-11/h11H,4-8H2,1-3H3,(H,18,20). The molecule has 3 rings (SSSR count). The highest BCUT2D eigenvalue weighted by Gasteiger charge is 2.22. The zero-order valence-electron chi connectivity index (χ0n) is 13.2. The Kier molecular flexibility index (Phi) is 4.40. The number of fused-ring (bicyclic) bond motifs is 1. The number of aromatic nitrogens is 2. The largest absolute Gasteiger partial charge is 0.381 e. The average molecular weight is 319 g/mol. The molecule has 6 heteroatoms. The average Bonchev–Trinajstić information content (AvgIpc) is 2.85. The Bertz CT molecular complexity index is 705.